The molecule has 1 aromatic heterocycles. The van der Waals surface area contributed by atoms with Crippen LogP contribution in [-0.2, 0) is 0 Å². The molecule has 2 N–H and O–H groups in total. The van der Waals surface area contributed by atoms with Crippen LogP contribution in [0.15, 0.2) is 40.2 Å². The van der Waals surface area contributed by atoms with E-state index in [-0.39, 0.29) is 6.10 Å². The summed E-state index contributed by atoms with van der Waals surface area (Å²) < 4.78 is 7.07. The van der Waals surface area contributed by atoms with E-state index in [1.54, 1.807) is 11.3 Å². The largest absolute Gasteiger partial charge is 0.484 e. The van der Waals surface area contributed by atoms with Gasteiger partial charge in [0.15, 0.2) is 0 Å². The van der Waals surface area contributed by atoms with Crippen LogP contribution in [-0.4, -0.2) is 6.54 Å². The van der Waals surface area contributed by atoms with Crippen LogP contribution in [0.5, 0.6) is 5.75 Å². The second-order valence-electron chi connectivity index (χ2n) is 4.89. The fourth-order valence-corrected chi connectivity index (χ4v) is 3.48. The summed E-state index contributed by atoms with van der Waals surface area (Å²) in [6.45, 7) is 4.91. The molecule has 0 radical (unpaired) electrons. The summed E-state index contributed by atoms with van der Waals surface area (Å²) in [6, 6.07) is 10.4. The molecular formula is C16H20BrNOS. The van der Waals surface area contributed by atoms with E-state index in [0.717, 1.165) is 21.5 Å². The number of nitrogens with two attached hydrogens (primary N) is 1. The third-order valence-electron chi connectivity index (χ3n) is 3.46. The van der Waals surface area contributed by atoms with Gasteiger partial charge < -0.3 is 10.5 Å². The molecule has 108 valence electrons. The van der Waals surface area contributed by atoms with E-state index in [4.69, 9.17) is 10.5 Å². The number of benzene rings is 1. The van der Waals surface area contributed by atoms with Gasteiger partial charge in [-0.25, -0.2) is 0 Å². The second-order valence-corrected chi connectivity index (χ2v) is 6.75. The molecule has 1 heterocycles. The Morgan fingerprint density at radius 2 is 2.00 bits per heavy atom. The minimum atomic E-state index is -0.0826. The van der Waals surface area contributed by atoms with Crippen LogP contribution < -0.4 is 10.5 Å². The maximum atomic E-state index is 6.00. The van der Waals surface area contributed by atoms with E-state index in [0.29, 0.717) is 12.5 Å². The van der Waals surface area contributed by atoms with E-state index in [9.17, 15) is 0 Å². The van der Waals surface area contributed by atoms with Gasteiger partial charge in [-0.1, -0.05) is 26.0 Å². The van der Waals surface area contributed by atoms with E-state index in [2.05, 4.69) is 48.0 Å². The molecule has 0 saturated carbocycles. The Morgan fingerprint density at radius 3 is 2.50 bits per heavy atom. The number of hydrogen-bond acceptors (Lipinski definition) is 3. The summed E-state index contributed by atoms with van der Waals surface area (Å²) in [7, 11) is 0. The Kier molecular flexibility index (Phi) is 5.64. The number of thiophene rings is 1. The lowest BCUT2D eigenvalue weighted by Gasteiger charge is -2.17. The molecule has 4 heteroatoms. The van der Waals surface area contributed by atoms with Crippen molar-refractivity contribution in [1.29, 1.82) is 0 Å². The minimum Gasteiger partial charge on any atom is -0.484 e. The van der Waals surface area contributed by atoms with Gasteiger partial charge in [-0.05, 0) is 52.0 Å². The minimum absolute atomic E-state index is 0.0826. The van der Waals surface area contributed by atoms with Crippen molar-refractivity contribution in [2.24, 2.45) is 5.73 Å². The highest BCUT2D eigenvalue weighted by atomic mass is 79.9. The van der Waals surface area contributed by atoms with Crippen molar-refractivity contribution in [3.63, 3.8) is 0 Å². The molecule has 0 fully saturated rings. The Morgan fingerprint density at radius 1 is 1.30 bits per heavy atom. The van der Waals surface area contributed by atoms with Crippen molar-refractivity contribution < 1.29 is 4.74 Å². The van der Waals surface area contributed by atoms with Crippen LogP contribution >= 0.6 is 27.3 Å². The van der Waals surface area contributed by atoms with Gasteiger partial charge in [-0.2, -0.15) is 0 Å². The first-order valence-electron chi connectivity index (χ1n) is 6.84. The second kappa shape index (κ2) is 7.25. The van der Waals surface area contributed by atoms with Crippen molar-refractivity contribution in [3.05, 3.63) is 50.6 Å². The number of ether oxygens (including phenoxy) is 1. The molecule has 0 saturated heterocycles. The van der Waals surface area contributed by atoms with Crippen LogP contribution in [0, 0.1) is 0 Å². The number of rotatable bonds is 6. The zero-order valence-electron chi connectivity index (χ0n) is 11.8. The summed E-state index contributed by atoms with van der Waals surface area (Å²) in [4.78, 5) is 1.14. The monoisotopic (exact) mass is 353 g/mol. The average Bonchev–Trinajstić information content (AvgIpc) is 2.91. The Balaban J connectivity index is 2.08. The predicted molar refractivity (Wildman–Crippen MR) is 89.6 cm³/mol. The molecule has 0 aliphatic heterocycles. The van der Waals surface area contributed by atoms with Crippen molar-refractivity contribution in [1.82, 2.24) is 0 Å². The molecule has 2 nitrogen and oxygen atoms in total. The Labute approximate surface area is 133 Å². The van der Waals surface area contributed by atoms with Gasteiger partial charge in [-0.3, -0.25) is 0 Å². The first-order valence-corrected chi connectivity index (χ1v) is 8.52. The molecule has 20 heavy (non-hydrogen) atoms. The topological polar surface area (TPSA) is 35.2 Å². The molecule has 0 aliphatic rings. The lowest BCUT2D eigenvalue weighted by atomic mass is 9.99. The molecule has 0 amide bonds. The number of halogens is 1. The number of hydrogen-bond donors (Lipinski definition) is 1. The van der Waals surface area contributed by atoms with E-state index < -0.39 is 0 Å². The Bertz CT molecular complexity index is 538. The van der Waals surface area contributed by atoms with Gasteiger partial charge >= 0.3 is 0 Å². The molecule has 1 aromatic carbocycles. The third kappa shape index (κ3) is 3.84. The highest BCUT2D eigenvalue weighted by Gasteiger charge is 2.14. The van der Waals surface area contributed by atoms with Crippen LogP contribution in [0.25, 0.3) is 0 Å². The van der Waals surface area contributed by atoms with Crippen molar-refractivity contribution in [2.75, 3.05) is 6.54 Å². The zero-order chi connectivity index (χ0) is 14.5. The molecule has 2 rings (SSSR count). The predicted octanol–water partition coefficient (Wildman–Crippen LogP) is 5.10. The van der Waals surface area contributed by atoms with Crippen molar-refractivity contribution >= 4 is 27.3 Å². The van der Waals surface area contributed by atoms with E-state index >= 15 is 0 Å². The van der Waals surface area contributed by atoms with Gasteiger partial charge in [0, 0.05) is 21.3 Å². The molecular weight excluding hydrogens is 334 g/mol. The molecule has 0 bridgehead atoms. The maximum Gasteiger partial charge on any atom is 0.145 e. The van der Waals surface area contributed by atoms with Crippen LogP contribution in [0.1, 0.15) is 42.7 Å². The summed E-state index contributed by atoms with van der Waals surface area (Å²) in [6.07, 6.45) is 1.07. The highest BCUT2D eigenvalue weighted by molar-refractivity contribution is 9.10. The van der Waals surface area contributed by atoms with Crippen LogP contribution in [0.4, 0.5) is 0 Å². The van der Waals surface area contributed by atoms with Crippen LogP contribution in [0.2, 0.25) is 0 Å². The van der Waals surface area contributed by atoms with Gasteiger partial charge in [0.1, 0.15) is 11.9 Å². The van der Waals surface area contributed by atoms with Gasteiger partial charge in [0.2, 0.25) is 0 Å². The molecule has 2 unspecified atom stereocenters. The quantitative estimate of drug-likeness (QED) is 0.783. The lowest BCUT2D eigenvalue weighted by molar-refractivity contribution is 0.218. The molecule has 2 aromatic rings. The fraction of sp³-hybridized carbons (Fsp3) is 0.375. The van der Waals surface area contributed by atoms with Crippen LogP contribution in [0.3, 0.4) is 0 Å². The molecule has 2 atom stereocenters. The first-order chi connectivity index (χ1) is 9.63. The average molecular weight is 354 g/mol. The standard InChI is InChI=1S/C16H20BrNOS/c1-3-11(2)12-4-6-14(7-5-12)19-15(9-18)16-8-13(17)10-20-16/h4-8,10-11,15H,3,9,18H2,1-2H3. The zero-order valence-corrected chi connectivity index (χ0v) is 14.2. The first kappa shape index (κ1) is 15.5. The summed E-state index contributed by atoms with van der Waals surface area (Å²) in [5, 5.41) is 2.05. The Hall–Kier alpha value is -0.840. The summed E-state index contributed by atoms with van der Waals surface area (Å²) in [5.74, 6) is 1.46. The summed E-state index contributed by atoms with van der Waals surface area (Å²) in [5.41, 5.74) is 7.18. The van der Waals surface area contributed by atoms with E-state index in [1.807, 2.05) is 17.5 Å². The highest BCUT2D eigenvalue weighted by Crippen LogP contribution is 2.29. The fourth-order valence-electron chi connectivity index (χ4n) is 1.99. The molecule has 0 spiro atoms. The summed E-state index contributed by atoms with van der Waals surface area (Å²) >= 11 is 5.12. The molecule has 0 aliphatic carbocycles. The van der Waals surface area contributed by atoms with Gasteiger partial charge in [0.25, 0.3) is 0 Å². The smallest absolute Gasteiger partial charge is 0.145 e. The van der Waals surface area contributed by atoms with Gasteiger partial charge in [0.05, 0.1) is 0 Å². The van der Waals surface area contributed by atoms with Gasteiger partial charge in [-0.15, -0.1) is 11.3 Å². The SMILES string of the molecule is CCC(C)c1ccc(OC(CN)c2cc(Br)cs2)cc1. The lowest BCUT2D eigenvalue weighted by Crippen LogP contribution is -2.17. The normalized spacial score (nSPS) is 14.0. The van der Waals surface area contributed by atoms with E-state index in [1.165, 1.54) is 5.56 Å². The van der Waals surface area contributed by atoms with Crippen molar-refractivity contribution in [2.45, 2.75) is 32.3 Å². The maximum absolute atomic E-state index is 6.00. The third-order valence-corrected chi connectivity index (χ3v) is 5.24. The van der Waals surface area contributed by atoms with Crippen molar-refractivity contribution in [3.8, 4) is 5.75 Å².